The number of hydrogen-bond acceptors (Lipinski definition) is 4. The van der Waals surface area contributed by atoms with Gasteiger partial charge in [-0.1, -0.05) is 0 Å². The summed E-state index contributed by atoms with van der Waals surface area (Å²) in [5.74, 6) is -1.67. The first-order chi connectivity index (χ1) is 8.39. The second kappa shape index (κ2) is 4.53. The summed E-state index contributed by atoms with van der Waals surface area (Å²) in [5, 5.41) is 10.7. The number of nitrogens with zero attached hydrogens (tertiary/aromatic N) is 2. The minimum absolute atomic E-state index is 0.0787. The number of hydrogen-bond donors (Lipinski definition) is 0. The van der Waals surface area contributed by atoms with E-state index in [0.717, 1.165) is 5.69 Å². The van der Waals surface area contributed by atoms with E-state index in [0.29, 0.717) is 18.7 Å². The topological polar surface area (TPSA) is 55.6 Å². The van der Waals surface area contributed by atoms with E-state index in [1.54, 1.807) is 19.1 Å². The third-order valence-electron chi connectivity index (χ3n) is 2.98. The Morgan fingerprint density at radius 3 is 2.83 bits per heavy atom. The molecule has 6 heteroatoms. The Hall–Kier alpha value is -1.69. The maximum Gasteiger partial charge on any atom is 0.272 e. The summed E-state index contributed by atoms with van der Waals surface area (Å²) in [5.41, 5.74) is 1.44. The fourth-order valence-corrected chi connectivity index (χ4v) is 2.10. The van der Waals surface area contributed by atoms with Crippen LogP contribution in [0.15, 0.2) is 18.2 Å². The molecule has 1 atom stereocenters. The smallest absolute Gasteiger partial charge is 0.272 e. The van der Waals surface area contributed by atoms with Crippen molar-refractivity contribution in [1.29, 1.82) is 0 Å². The zero-order valence-electron chi connectivity index (χ0n) is 10.4. The molecule has 0 spiro atoms. The molecular formula is C12H15FN2O3. The molecule has 1 fully saturated rings. The Kier molecular flexibility index (Phi) is 3.21. The van der Waals surface area contributed by atoms with Crippen LogP contribution in [0.2, 0.25) is 0 Å². The molecule has 1 aromatic rings. The van der Waals surface area contributed by atoms with Gasteiger partial charge in [0.1, 0.15) is 0 Å². The number of nitro groups is 1. The number of anilines is 1. The highest BCUT2D eigenvalue weighted by molar-refractivity contribution is 5.55. The summed E-state index contributed by atoms with van der Waals surface area (Å²) in [4.78, 5) is 12.1. The summed E-state index contributed by atoms with van der Waals surface area (Å²) >= 11 is 0. The van der Waals surface area contributed by atoms with E-state index in [-0.39, 0.29) is 12.2 Å². The molecule has 1 unspecified atom stereocenters. The van der Waals surface area contributed by atoms with Crippen LogP contribution >= 0.6 is 0 Å². The molecule has 0 aliphatic carbocycles. The van der Waals surface area contributed by atoms with Crippen molar-refractivity contribution < 1.29 is 14.1 Å². The second-order valence-corrected chi connectivity index (χ2v) is 4.60. The van der Waals surface area contributed by atoms with E-state index in [2.05, 4.69) is 0 Å². The minimum atomic E-state index is -1.67. The Bertz CT molecular complexity index is 476. The number of ether oxygens (including phenoxy) is 1. The molecule has 0 N–H and O–H groups in total. The van der Waals surface area contributed by atoms with Crippen LogP contribution in [0.25, 0.3) is 0 Å². The molecule has 1 aromatic carbocycles. The zero-order chi connectivity index (χ0) is 13.3. The van der Waals surface area contributed by atoms with Crippen molar-refractivity contribution >= 4 is 11.4 Å². The first kappa shape index (κ1) is 12.8. The molecule has 2 rings (SSSR count). The molecular weight excluding hydrogens is 239 g/mol. The molecule has 1 aliphatic rings. The van der Waals surface area contributed by atoms with Crippen molar-refractivity contribution in [3.8, 4) is 0 Å². The monoisotopic (exact) mass is 254 g/mol. The van der Waals surface area contributed by atoms with E-state index in [1.165, 1.54) is 13.0 Å². The lowest BCUT2D eigenvalue weighted by molar-refractivity contribution is -0.385. The Morgan fingerprint density at radius 1 is 1.56 bits per heavy atom. The van der Waals surface area contributed by atoms with Crippen LogP contribution in [0.5, 0.6) is 0 Å². The molecule has 1 saturated heterocycles. The van der Waals surface area contributed by atoms with Gasteiger partial charge in [-0.05, 0) is 26.0 Å². The van der Waals surface area contributed by atoms with Gasteiger partial charge in [0.15, 0.2) is 0 Å². The maximum absolute atomic E-state index is 13.7. The van der Waals surface area contributed by atoms with Crippen LogP contribution in [-0.2, 0) is 4.74 Å². The number of nitro benzene ring substituents is 1. The van der Waals surface area contributed by atoms with Crippen molar-refractivity contribution in [2.45, 2.75) is 19.7 Å². The highest BCUT2D eigenvalue weighted by Crippen LogP contribution is 2.28. The van der Waals surface area contributed by atoms with Crippen molar-refractivity contribution in [2.24, 2.45) is 0 Å². The molecule has 1 aliphatic heterocycles. The van der Waals surface area contributed by atoms with Gasteiger partial charge in [0.05, 0.1) is 18.1 Å². The lowest BCUT2D eigenvalue weighted by Crippen LogP contribution is -2.47. The van der Waals surface area contributed by atoms with Gasteiger partial charge < -0.3 is 9.64 Å². The zero-order valence-corrected chi connectivity index (χ0v) is 10.4. The molecule has 18 heavy (non-hydrogen) atoms. The summed E-state index contributed by atoms with van der Waals surface area (Å²) in [6.45, 7) is 4.08. The summed E-state index contributed by atoms with van der Waals surface area (Å²) in [6, 6.07) is 4.81. The van der Waals surface area contributed by atoms with E-state index in [4.69, 9.17) is 4.74 Å². The first-order valence-electron chi connectivity index (χ1n) is 5.72. The number of aryl methyl sites for hydroxylation is 1. The van der Waals surface area contributed by atoms with Gasteiger partial charge in [0.2, 0.25) is 5.85 Å². The van der Waals surface area contributed by atoms with Crippen LogP contribution in [0.3, 0.4) is 0 Å². The molecule has 5 nitrogen and oxygen atoms in total. The van der Waals surface area contributed by atoms with E-state index in [1.807, 2.05) is 4.90 Å². The quantitative estimate of drug-likeness (QED) is 0.600. The lowest BCUT2D eigenvalue weighted by atomic mass is 10.1. The van der Waals surface area contributed by atoms with E-state index >= 15 is 0 Å². The molecule has 1 heterocycles. The summed E-state index contributed by atoms with van der Waals surface area (Å²) < 4.78 is 18.7. The predicted octanol–water partition coefficient (Wildman–Crippen LogP) is 2.43. The molecule has 0 saturated carbocycles. The van der Waals surface area contributed by atoms with Crippen molar-refractivity contribution in [3.05, 3.63) is 33.9 Å². The Labute approximate surface area is 104 Å². The van der Waals surface area contributed by atoms with Gasteiger partial charge in [-0.2, -0.15) is 0 Å². The van der Waals surface area contributed by atoms with Gasteiger partial charge in [0, 0.05) is 23.9 Å². The highest BCUT2D eigenvalue weighted by atomic mass is 19.2. The lowest BCUT2D eigenvalue weighted by Gasteiger charge is -2.36. The normalized spacial score (nSPS) is 24.1. The molecule has 0 aromatic heterocycles. The van der Waals surface area contributed by atoms with Gasteiger partial charge in [-0.25, -0.2) is 4.39 Å². The average molecular weight is 254 g/mol. The third kappa shape index (κ3) is 2.59. The maximum atomic E-state index is 13.7. The summed E-state index contributed by atoms with van der Waals surface area (Å²) in [7, 11) is 0. The summed E-state index contributed by atoms with van der Waals surface area (Å²) in [6.07, 6.45) is 0. The molecule has 0 radical (unpaired) electrons. The van der Waals surface area contributed by atoms with Crippen LogP contribution in [0, 0.1) is 17.0 Å². The van der Waals surface area contributed by atoms with E-state index in [9.17, 15) is 14.5 Å². The number of morpholine rings is 1. The van der Waals surface area contributed by atoms with Gasteiger partial charge in [-0.3, -0.25) is 10.1 Å². The largest absolute Gasteiger partial charge is 0.363 e. The number of alkyl halides is 1. The Balaban J connectivity index is 2.24. The third-order valence-corrected chi connectivity index (χ3v) is 2.98. The highest BCUT2D eigenvalue weighted by Gasteiger charge is 2.31. The molecule has 98 valence electrons. The standard InChI is InChI=1S/C12H15FN2O3/c1-9-7-10(3-4-11(9)15(16)17)14-5-6-18-12(2,13)8-14/h3-4,7H,5-6,8H2,1-2H3. The fourth-order valence-electron chi connectivity index (χ4n) is 2.10. The van der Waals surface area contributed by atoms with Crippen LogP contribution < -0.4 is 4.90 Å². The van der Waals surface area contributed by atoms with Crippen LogP contribution in [0.1, 0.15) is 12.5 Å². The van der Waals surface area contributed by atoms with Crippen molar-refractivity contribution in [2.75, 3.05) is 24.6 Å². The fraction of sp³-hybridized carbons (Fsp3) is 0.500. The Morgan fingerprint density at radius 2 is 2.28 bits per heavy atom. The van der Waals surface area contributed by atoms with Gasteiger partial charge >= 0.3 is 0 Å². The van der Waals surface area contributed by atoms with E-state index < -0.39 is 10.8 Å². The molecule has 0 amide bonds. The number of benzene rings is 1. The average Bonchev–Trinajstić information content (AvgIpc) is 2.27. The van der Waals surface area contributed by atoms with Crippen LogP contribution in [-0.4, -0.2) is 30.5 Å². The van der Waals surface area contributed by atoms with Gasteiger partial charge in [0.25, 0.3) is 5.69 Å². The second-order valence-electron chi connectivity index (χ2n) is 4.60. The van der Waals surface area contributed by atoms with Crippen molar-refractivity contribution in [3.63, 3.8) is 0 Å². The van der Waals surface area contributed by atoms with Crippen LogP contribution in [0.4, 0.5) is 15.8 Å². The first-order valence-corrected chi connectivity index (χ1v) is 5.72. The van der Waals surface area contributed by atoms with Crippen molar-refractivity contribution in [1.82, 2.24) is 0 Å². The molecule has 0 bridgehead atoms. The number of rotatable bonds is 2. The SMILES string of the molecule is Cc1cc(N2CCOC(C)(F)C2)ccc1[N+](=O)[O-]. The van der Waals surface area contributed by atoms with Gasteiger partial charge in [-0.15, -0.1) is 0 Å². The minimum Gasteiger partial charge on any atom is -0.363 e. The predicted molar refractivity (Wildman–Crippen MR) is 65.5 cm³/mol. The number of halogens is 1.